The van der Waals surface area contributed by atoms with Crippen molar-refractivity contribution >= 4 is 17.4 Å². The van der Waals surface area contributed by atoms with Gasteiger partial charge in [0.15, 0.2) is 0 Å². The van der Waals surface area contributed by atoms with Gasteiger partial charge in [-0.3, -0.25) is 4.57 Å². The zero-order chi connectivity index (χ0) is 14.8. The molecule has 0 aliphatic rings. The Balaban J connectivity index is 2.15. The molecule has 0 aliphatic carbocycles. The summed E-state index contributed by atoms with van der Waals surface area (Å²) >= 11 is 6.29. The molecule has 0 atom stereocenters. The second-order valence-corrected chi connectivity index (χ2v) is 4.84. The van der Waals surface area contributed by atoms with Crippen LogP contribution in [0.25, 0.3) is 16.9 Å². The molecule has 0 unspecified atom stereocenters. The molecular weight excluding hydrogens is 288 g/mol. The van der Waals surface area contributed by atoms with E-state index in [2.05, 4.69) is 9.97 Å². The van der Waals surface area contributed by atoms with E-state index in [0.717, 1.165) is 22.7 Å². The standard InChI is InChI=1S/C15H13ClN4O/c1-21-11-2-3-12(16)13(7-11)20-9-18-8-14(20)10-4-5-19-15(17)6-10/h2-9H,1H3,(H2,17,19). The van der Waals surface area contributed by atoms with Gasteiger partial charge in [0.05, 0.1) is 36.0 Å². The summed E-state index contributed by atoms with van der Waals surface area (Å²) in [6, 6.07) is 9.13. The van der Waals surface area contributed by atoms with E-state index < -0.39 is 0 Å². The van der Waals surface area contributed by atoms with Crippen LogP contribution in [0.1, 0.15) is 0 Å². The summed E-state index contributed by atoms with van der Waals surface area (Å²) < 4.78 is 7.14. The Labute approximate surface area is 127 Å². The van der Waals surface area contributed by atoms with Crippen LogP contribution in [0.3, 0.4) is 0 Å². The van der Waals surface area contributed by atoms with E-state index in [0.29, 0.717) is 10.8 Å². The number of ether oxygens (including phenoxy) is 1. The van der Waals surface area contributed by atoms with Crippen molar-refractivity contribution in [1.29, 1.82) is 0 Å². The van der Waals surface area contributed by atoms with E-state index >= 15 is 0 Å². The lowest BCUT2D eigenvalue weighted by Gasteiger charge is -2.11. The zero-order valence-electron chi connectivity index (χ0n) is 11.3. The topological polar surface area (TPSA) is 66.0 Å². The molecule has 21 heavy (non-hydrogen) atoms. The Morgan fingerprint density at radius 2 is 2.10 bits per heavy atom. The fraction of sp³-hybridized carbons (Fsp3) is 0.0667. The molecule has 2 heterocycles. The summed E-state index contributed by atoms with van der Waals surface area (Å²) in [4.78, 5) is 8.20. The van der Waals surface area contributed by atoms with E-state index in [1.54, 1.807) is 38.0 Å². The normalized spacial score (nSPS) is 10.6. The van der Waals surface area contributed by atoms with Crippen LogP contribution in [0.2, 0.25) is 5.02 Å². The van der Waals surface area contributed by atoms with Crippen molar-refractivity contribution in [3.63, 3.8) is 0 Å². The number of methoxy groups -OCH3 is 1. The molecule has 6 heteroatoms. The van der Waals surface area contributed by atoms with E-state index in [-0.39, 0.29) is 0 Å². The quantitative estimate of drug-likeness (QED) is 0.807. The van der Waals surface area contributed by atoms with Crippen molar-refractivity contribution in [2.24, 2.45) is 0 Å². The Bertz CT molecular complexity index is 785. The highest BCUT2D eigenvalue weighted by atomic mass is 35.5. The molecule has 2 N–H and O–H groups in total. The highest BCUT2D eigenvalue weighted by molar-refractivity contribution is 6.32. The third kappa shape index (κ3) is 2.55. The fourth-order valence-corrected chi connectivity index (χ4v) is 2.32. The van der Waals surface area contributed by atoms with Gasteiger partial charge >= 0.3 is 0 Å². The van der Waals surface area contributed by atoms with Crippen LogP contribution in [0, 0.1) is 0 Å². The lowest BCUT2D eigenvalue weighted by molar-refractivity contribution is 0.414. The van der Waals surface area contributed by atoms with E-state index in [1.165, 1.54) is 0 Å². The number of nitrogen functional groups attached to an aromatic ring is 1. The number of pyridine rings is 1. The molecule has 5 nitrogen and oxygen atoms in total. The van der Waals surface area contributed by atoms with Gasteiger partial charge < -0.3 is 10.5 Å². The first-order valence-electron chi connectivity index (χ1n) is 6.27. The second-order valence-electron chi connectivity index (χ2n) is 4.44. The van der Waals surface area contributed by atoms with Crippen molar-refractivity contribution in [3.05, 3.63) is 54.1 Å². The predicted molar refractivity (Wildman–Crippen MR) is 82.8 cm³/mol. The number of nitrogens with two attached hydrogens (primary N) is 1. The van der Waals surface area contributed by atoms with Gasteiger partial charge in [0, 0.05) is 17.8 Å². The van der Waals surface area contributed by atoms with Crippen LogP contribution in [-0.4, -0.2) is 21.6 Å². The maximum atomic E-state index is 6.29. The van der Waals surface area contributed by atoms with Crippen molar-refractivity contribution in [2.75, 3.05) is 12.8 Å². The van der Waals surface area contributed by atoms with E-state index in [4.69, 9.17) is 22.1 Å². The Morgan fingerprint density at radius 3 is 2.86 bits per heavy atom. The highest BCUT2D eigenvalue weighted by Crippen LogP contribution is 2.30. The molecule has 0 radical (unpaired) electrons. The lowest BCUT2D eigenvalue weighted by Crippen LogP contribution is -1.98. The smallest absolute Gasteiger partial charge is 0.123 e. The number of anilines is 1. The summed E-state index contributed by atoms with van der Waals surface area (Å²) in [5.74, 6) is 1.18. The maximum absolute atomic E-state index is 6.29. The molecule has 2 aromatic heterocycles. The van der Waals surface area contributed by atoms with Gasteiger partial charge in [-0.15, -0.1) is 0 Å². The minimum absolute atomic E-state index is 0.456. The van der Waals surface area contributed by atoms with Gasteiger partial charge in [-0.25, -0.2) is 9.97 Å². The Hall–Kier alpha value is -2.53. The Morgan fingerprint density at radius 1 is 1.24 bits per heavy atom. The second kappa shape index (κ2) is 5.46. The molecular formula is C15H13ClN4O. The largest absolute Gasteiger partial charge is 0.497 e. The lowest BCUT2D eigenvalue weighted by atomic mass is 10.2. The Kier molecular flexibility index (Phi) is 3.50. The van der Waals surface area contributed by atoms with E-state index in [9.17, 15) is 0 Å². The SMILES string of the molecule is COc1ccc(Cl)c(-n2cncc2-c2ccnc(N)c2)c1. The molecule has 0 fully saturated rings. The number of hydrogen-bond acceptors (Lipinski definition) is 4. The minimum atomic E-state index is 0.456. The molecule has 0 bridgehead atoms. The minimum Gasteiger partial charge on any atom is -0.497 e. The van der Waals surface area contributed by atoms with Gasteiger partial charge in [-0.2, -0.15) is 0 Å². The first-order valence-corrected chi connectivity index (χ1v) is 6.65. The van der Waals surface area contributed by atoms with Crippen molar-refractivity contribution in [2.45, 2.75) is 0 Å². The molecule has 0 saturated carbocycles. The molecule has 3 aromatic rings. The summed E-state index contributed by atoms with van der Waals surface area (Å²) in [5, 5.41) is 0.608. The van der Waals surface area contributed by atoms with E-state index in [1.807, 2.05) is 22.8 Å². The van der Waals surface area contributed by atoms with Gasteiger partial charge in [-0.1, -0.05) is 11.6 Å². The van der Waals surface area contributed by atoms with Crippen LogP contribution in [0.4, 0.5) is 5.82 Å². The van der Waals surface area contributed by atoms with Crippen LogP contribution in [-0.2, 0) is 0 Å². The van der Waals surface area contributed by atoms with Crippen molar-refractivity contribution in [1.82, 2.24) is 14.5 Å². The molecule has 3 rings (SSSR count). The van der Waals surface area contributed by atoms with Crippen molar-refractivity contribution in [3.8, 4) is 22.7 Å². The number of halogens is 1. The third-order valence-electron chi connectivity index (χ3n) is 3.13. The first-order chi connectivity index (χ1) is 10.2. The average molecular weight is 301 g/mol. The van der Waals surface area contributed by atoms with Crippen LogP contribution >= 0.6 is 11.6 Å². The molecule has 106 valence electrons. The summed E-state index contributed by atoms with van der Waals surface area (Å²) in [7, 11) is 1.62. The molecule has 0 saturated heterocycles. The van der Waals surface area contributed by atoms with Gasteiger partial charge in [0.1, 0.15) is 11.6 Å². The van der Waals surface area contributed by atoms with Crippen LogP contribution in [0.5, 0.6) is 5.75 Å². The monoisotopic (exact) mass is 300 g/mol. The van der Waals surface area contributed by atoms with Crippen LogP contribution in [0.15, 0.2) is 49.1 Å². The number of aromatic nitrogens is 3. The zero-order valence-corrected chi connectivity index (χ0v) is 12.1. The number of nitrogens with zero attached hydrogens (tertiary/aromatic N) is 3. The number of imidazole rings is 1. The molecule has 0 spiro atoms. The molecule has 1 aromatic carbocycles. The molecule has 0 aliphatic heterocycles. The summed E-state index contributed by atoms with van der Waals surface area (Å²) in [6.45, 7) is 0. The predicted octanol–water partition coefficient (Wildman–Crippen LogP) is 3.18. The van der Waals surface area contributed by atoms with Gasteiger partial charge in [-0.05, 0) is 24.3 Å². The fourth-order valence-electron chi connectivity index (χ4n) is 2.11. The van der Waals surface area contributed by atoms with Gasteiger partial charge in [0.25, 0.3) is 0 Å². The summed E-state index contributed by atoms with van der Waals surface area (Å²) in [5.41, 5.74) is 8.32. The number of benzene rings is 1. The van der Waals surface area contributed by atoms with Gasteiger partial charge in [0.2, 0.25) is 0 Å². The van der Waals surface area contributed by atoms with Crippen molar-refractivity contribution < 1.29 is 4.74 Å². The maximum Gasteiger partial charge on any atom is 0.123 e. The average Bonchev–Trinajstić information content (AvgIpc) is 2.97. The molecule has 0 amide bonds. The number of hydrogen-bond donors (Lipinski definition) is 1. The third-order valence-corrected chi connectivity index (χ3v) is 3.45. The first kappa shape index (κ1) is 13.5. The van der Waals surface area contributed by atoms with Crippen LogP contribution < -0.4 is 10.5 Å². The number of rotatable bonds is 3. The summed E-state index contributed by atoms with van der Waals surface area (Å²) in [6.07, 6.45) is 5.12. The highest BCUT2D eigenvalue weighted by Gasteiger charge is 2.11.